The second-order valence-corrected chi connectivity index (χ2v) is 7.36. The van der Waals surface area contributed by atoms with E-state index in [0.29, 0.717) is 18.4 Å². The monoisotopic (exact) mass is 346 g/mol. The molecule has 3 rings (SSSR count). The van der Waals surface area contributed by atoms with Gasteiger partial charge >= 0.3 is 0 Å². The van der Waals surface area contributed by atoms with Crippen molar-refractivity contribution < 1.29 is 14.6 Å². The SMILES string of the molecule is C[C@@H]1CC[C@H](CCC(=O)Nc2ccccc2N2CCC(CO)CC2)O1. The van der Waals surface area contributed by atoms with Crippen molar-refractivity contribution in [3.8, 4) is 0 Å². The van der Waals surface area contributed by atoms with Gasteiger partial charge in [0.1, 0.15) is 0 Å². The van der Waals surface area contributed by atoms with E-state index in [1.807, 2.05) is 18.2 Å². The zero-order valence-corrected chi connectivity index (χ0v) is 15.1. The van der Waals surface area contributed by atoms with E-state index in [9.17, 15) is 9.90 Å². The molecule has 0 spiro atoms. The number of aliphatic hydroxyl groups is 1. The Morgan fingerprint density at radius 1 is 1.24 bits per heavy atom. The molecule has 0 saturated carbocycles. The van der Waals surface area contributed by atoms with Gasteiger partial charge < -0.3 is 20.1 Å². The average Bonchev–Trinajstić information content (AvgIpc) is 3.06. The third kappa shape index (κ3) is 4.95. The fraction of sp³-hybridized carbons (Fsp3) is 0.650. The molecule has 5 heteroatoms. The summed E-state index contributed by atoms with van der Waals surface area (Å²) in [6.45, 7) is 4.21. The number of carbonyl (C=O) groups is 1. The molecule has 2 atom stereocenters. The Balaban J connectivity index is 1.54. The van der Waals surface area contributed by atoms with Crippen molar-refractivity contribution in [1.29, 1.82) is 0 Å². The lowest BCUT2D eigenvalue weighted by atomic mass is 9.97. The van der Waals surface area contributed by atoms with Gasteiger partial charge in [0.15, 0.2) is 0 Å². The van der Waals surface area contributed by atoms with E-state index >= 15 is 0 Å². The standard InChI is InChI=1S/C20H30N2O3/c1-15-6-7-17(25-15)8-9-20(24)21-18-4-2-3-5-19(18)22-12-10-16(14-23)11-13-22/h2-5,15-17,23H,6-14H2,1H3,(H,21,24)/t15-,17-/m1/s1. The van der Waals surface area contributed by atoms with Crippen molar-refractivity contribution in [2.45, 2.75) is 57.7 Å². The zero-order valence-electron chi connectivity index (χ0n) is 15.1. The third-order valence-electron chi connectivity index (χ3n) is 5.40. The number of ether oxygens (including phenoxy) is 1. The maximum atomic E-state index is 12.4. The summed E-state index contributed by atoms with van der Waals surface area (Å²) in [6, 6.07) is 8.01. The lowest BCUT2D eigenvalue weighted by molar-refractivity contribution is -0.116. The van der Waals surface area contributed by atoms with Gasteiger partial charge in [-0.3, -0.25) is 4.79 Å². The Morgan fingerprint density at radius 3 is 2.68 bits per heavy atom. The highest BCUT2D eigenvalue weighted by atomic mass is 16.5. The molecule has 0 aromatic heterocycles. The molecule has 1 aromatic rings. The largest absolute Gasteiger partial charge is 0.396 e. The predicted molar refractivity (Wildman–Crippen MR) is 99.9 cm³/mol. The molecule has 2 saturated heterocycles. The van der Waals surface area contributed by atoms with Gasteiger partial charge in [-0.1, -0.05) is 12.1 Å². The van der Waals surface area contributed by atoms with Gasteiger partial charge in [-0.15, -0.1) is 0 Å². The molecule has 1 amide bonds. The first-order valence-corrected chi connectivity index (χ1v) is 9.56. The summed E-state index contributed by atoms with van der Waals surface area (Å²) in [4.78, 5) is 14.7. The number of nitrogens with zero attached hydrogens (tertiary/aromatic N) is 1. The number of rotatable bonds is 6. The number of hydrogen-bond acceptors (Lipinski definition) is 4. The van der Waals surface area contributed by atoms with E-state index < -0.39 is 0 Å². The first-order valence-electron chi connectivity index (χ1n) is 9.56. The smallest absolute Gasteiger partial charge is 0.224 e. The summed E-state index contributed by atoms with van der Waals surface area (Å²) in [7, 11) is 0. The van der Waals surface area contributed by atoms with E-state index in [2.05, 4.69) is 23.2 Å². The molecule has 0 bridgehead atoms. The van der Waals surface area contributed by atoms with Crippen LogP contribution in [0, 0.1) is 5.92 Å². The van der Waals surface area contributed by atoms with E-state index in [-0.39, 0.29) is 18.6 Å². The molecule has 2 heterocycles. The van der Waals surface area contributed by atoms with E-state index in [4.69, 9.17) is 4.74 Å². The Kier molecular flexibility index (Phi) is 6.32. The molecule has 25 heavy (non-hydrogen) atoms. The highest BCUT2D eigenvalue weighted by Crippen LogP contribution is 2.30. The van der Waals surface area contributed by atoms with Crippen LogP contribution in [-0.2, 0) is 9.53 Å². The minimum absolute atomic E-state index is 0.0563. The van der Waals surface area contributed by atoms with E-state index in [1.54, 1.807) is 0 Å². The lowest BCUT2D eigenvalue weighted by Gasteiger charge is -2.34. The maximum Gasteiger partial charge on any atom is 0.224 e. The number of aliphatic hydroxyl groups excluding tert-OH is 1. The van der Waals surface area contributed by atoms with E-state index in [0.717, 1.165) is 56.6 Å². The van der Waals surface area contributed by atoms with Crippen molar-refractivity contribution in [3.05, 3.63) is 24.3 Å². The topological polar surface area (TPSA) is 61.8 Å². The van der Waals surface area contributed by atoms with Crippen LogP contribution in [0.3, 0.4) is 0 Å². The molecule has 0 radical (unpaired) electrons. The van der Waals surface area contributed by atoms with Crippen LogP contribution in [0.4, 0.5) is 11.4 Å². The first kappa shape index (κ1) is 18.2. The Hall–Kier alpha value is -1.59. The number of anilines is 2. The summed E-state index contributed by atoms with van der Waals surface area (Å²) in [5.74, 6) is 0.465. The number of nitrogens with one attached hydrogen (secondary N) is 1. The highest BCUT2D eigenvalue weighted by Gasteiger charge is 2.23. The summed E-state index contributed by atoms with van der Waals surface area (Å²) in [6.07, 6.45) is 6.00. The molecule has 1 aromatic carbocycles. The van der Waals surface area contributed by atoms with E-state index in [1.165, 1.54) is 0 Å². The minimum Gasteiger partial charge on any atom is -0.396 e. The maximum absolute atomic E-state index is 12.4. The van der Waals surface area contributed by atoms with Gasteiger partial charge in [-0.2, -0.15) is 0 Å². The third-order valence-corrected chi connectivity index (χ3v) is 5.40. The number of benzene rings is 1. The molecule has 2 aliphatic heterocycles. The van der Waals surface area contributed by atoms with Crippen molar-refractivity contribution >= 4 is 17.3 Å². The van der Waals surface area contributed by atoms with Crippen LogP contribution in [0.1, 0.15) is 45.4 Å². The van der Waals surface area contributed by atoms with Crippen molar-refractivity contribution in [1.82, 2.24) is 0 Å². The van der Waals surface area contributed by atoms with Crippen LogP contribution in [-0.4, -0.2) is 42.9 Å². The quantitative estimate of drug-likeness (QED) is 0.830. The van der Waals surface area contributed by atoms with Crippen LogP contribution in [0.2, 0.25) is 0 Å². The van der Waals surface area contributed by atoms with Crippen LogP contribution < -0.4 is 10.2 Å². The second-order valence-electron chi connectivity index (χ2n) is 7.36. The van der Waals surface area contributed by atoms with Gasteiger partial charge in [-0.05, 0) is 57.1 Å². The highest BCUT2D eigenvalue weighted by molar-refractivity contribution is 5.94. The normalized spacial score (nSPS) is 24.5. The average molecular weight is 346 g/mol. The van der Waals surface area contributed by atoms with Gasteiger partial charge in [0.25, 0.3) is 0 Å². The number of amides is 1. The first-order chi connectivity index (χ1) is 12.2. The summed E-state index contributed by atoms with van der Waals surface area (Å²) >= 11 is 0. The number of piperidine rings is 1. The number of para-hydroxylation sites is 2. The minimum atomic E-state index is 0.0563. The molecule has 2 N–H and O–H groups in total. The molecule has 2 fully saturated rings. The summed E-state index contributed by atoms with van der Waals surface area (Å²) in [5, 5.41) is 12.4. The number of carbonyl (C=O) groups excluding carboxylic acids is 1. The second kappa shape index (κ2) is 8.68. The zero-order chi connectivity index (χ0) is 17.6. The molecule has 0 aliphatic carbocycles. The van der Waals surface area contributed by atoms with Crippen molar-refractivity contribution in [2.24, 2.45) is 5.92 Å². The summed E-state index contributed by atoms with van der Waals surface area (Å²) < 4.78 is 5.79. The van der Waals surface area contributed by atoms with Crippen molar-refractivity contribution in [3.63, 3.8) is 0 Å². The molecule has 138 valence electrons. The fourth-order valence-electron chi connectivity index (χ4n) is 3.81. The van der Waals surface area contributed by atoms with Crippen LogP contribution >= 0.6 is 0 Å². The van der Waals surface area contributed by atoms with Gasteiger partial charge in [-0.25, -0.2) is 0 Å². The van der Waals surface area contributed by atoms with Crippen LogP contribution in [0.25, 0.3) is 0 Å². The molecule has 5 nitrogen and oxygen atoms in total. The molecule has 2 aliphatic rings. The predicted octanol–water partition coefficient (Wildman–Crippen LogP) is 3.18. The Morgan fingerprint density at radius 2 is 2.00 bits per heavy atom. The van der Waals surface area contributed by atoms with Crippen molar-refractivity contribution in [2.75, 3.05) is 29.9 Å². The fourth-order valence-corrected chi connectivity index (χ4v) is 3.81. The summed E-state index contributed by atoms with van der Waals surface area (Å²) in [5.41, 5.74) is 1.97. The molecule has 0 unspecified atom stereocenters. The van der Waals surface area contributed by atoms with Gasteiger partial charge in [0, 0.05) is 26.1 Å². The lowest BCUT2D eigenvalue weighted by Crippen LogP contribution is -2.35. The molecular weight excluding hydrogens is 316 g/mol. The van der Waals surface area contributed by atoms with Crippen LogP contribution in [0.15, 0.2) is 24.3 Å². The molecular formula is C20H30N2O3. The Labute approximate surface area is 150 Å². The number of hydrogen-bond donors (Lipinski definition) is 2. The Bertz CT molecular complexity index is 570. The van der Waals surface area contributed by atoms with Gasteiger partial charge in [0.2, 0.25) is 5.91 Å². The van der Waals surface area contributed by atoms with Crippen LogP contribution in [0.5, 0.6) is 0 Å². The van der Waals surface area contributed by atoms with Gasteiger partial charge in [0.05, 0.1) is 23.6 Å².